The van der Waals surface area contributed by atoms with Crippen molar-refractivity contribution in [3.8, 4) is 11.5 Å². The summed E-state index contributed by atoms with van der Waals surface area (Å²) in [5.74, 6) is 2.82. The molecule has 3 aromatic rings. The van der Waals surface area contributed by atoms with Crippen molar-refractivity contribution in [2.75, 3.05) is 69.0 Å². The summed E-state index contributed by atoms with van der Waals surface area (Å²) in [6.07, 6.45) is 2.42. The average molecular weight is 501 g/mol. The molecule has 0 bridgehead atoms. The molecule has 4 heterocycles. The molecule has 2 aliphatic heterocycles. The molecule has 11 nitrogen and oxygen atoms in total. The summed E-state index contributed by atoms with van der Waals surface area (Å²) in [5, 5.41) is 0.721. The molecule has 0 spiro atoms. The van der Waals surface area contributed by atoms with Crippen LogP contribution in [0.2, 0.25) is 0 Å². The fourth-order valence-electron chi connectivity index (χ4n) is 4.46. The first-order valence-corrected chi connectivity index (χ1v) is 11.4. The third-order valence-corrected chi connectivity index (χ3v) is 6.44. The van der Waals surface area contributed by atoms with E-state index < -0.39 is 0 Å². The largest absolute Gasteiger partial charge is 0.493 e. The molecule has 5 rings (SSSR count). The van der Waals surface area contributed by atoms with Crippen LogP contribution in [0.5, 0.6) is 11.5 Å². The van der Waals surface area contributed by atoms with Gasteiger partial charge in [-0.25, -0.2) is 15.0 Å². The van der Waals surface area contributed by atoms with Crippen LogP contribution in [0.1, 0.15) is 23.0 Å². The zero-order valence-electron chi connectivity index (χ0n) is 20.0. The van der Waals surface area contributed by atoms with Gasteiger partial charge in [-0.3, -0.25) is 4.79 Å². The summed E-state index contributed by atoms with van der Waals surface area (Å²) >= 11 is 0. The third-order valence-electron chi connectivity index (χ3n) is 6.44. The number of rotatable bonds is 5. The number of carbonyl (C=O) groups is 1. The van der Waals surface area contributed by atoms with Gasteiger partial charge < -0.3 is 29.9 Å². The van der Waals surface area contributed by atoms with E-state index in [1.54, 1.807) is 26.5 Å². The van der Waals surface area contributed by atoms with Crippen molar-refractivity contribution in [2.24, 2.45) is 0 Å². The lowest BCUT2D eigenvalue weighted by Crippen LogP contribution is -2.48. The number of ether oxygens (including phenoxy) is 2. The van der Waals surface area contributed by atoms with Gasteiger partial charge in [-0.1, -0.05) is 0 Å². The van der Waals surface area contributed by atoms with Gasteiger partial charge >= 0.3 is 0 Å². The topological polar surface area (TPSA) is 123 Å². The molecule has 1 saturated heterocycles. The van der Waals surface area contributed by atoms with E-state index in [0.29, 0.717) is 79.6 Å². The van der Waals surface area contributed by atoms with E-state index in [2.05, 4.69) is 19.8 Å². The number of nitrogens with zero attached hydrogens (tertiary/aromatic N) is 7. The normalized spacial score (nSPS) is 15.6. The number of nitrogens with two attached hydrogens (primary N) is 1. The number of halogens is 1. The second-order valence-electron chi connectivity index (χ2n) is 8.27. The number of anilines is 3. The number of amides is 1. The average Bonchev–Trinajstić information content (AvgIpc) is 2.88. The van der Waals surface area contributed by atoms with Gasteiger partial charge in [-0.15, -0.1) is 12.4 Å². The maximum atomic E-state index is 12.5. The van der Waals surface area contributed by atoms with E-state index in [1.807, 2.05) is 17.9 Å². The minimum Gasteiger partial charge on any atom is -0.493 e. The van der Waals surface area contributed by atoms with Gasteiger partial charge in [0, 0.05) is 63.3 Å². The fraction of sp³-hybridized carbons (Fsp3) is 0.435. The predicted molar refractivity (Wildman–Crippen MR) is 136 cm³/mol. The van der Waals surface area contributed by atoms with Crippen LogP contribution >= 0.6 is 12.4 Å². The second kappa shape index (κ2) is 9.95. The van der Waals surface area contributed by atoms with Crippen molar-refractivity contribution in [1.82, 2.24) is 24.8 Å². The Morgan fingerprint density at radius 1 is 0.943 bits per heavy atom. The summed E-state index contributed by atoms with van der Waals surface area (Å²) in [6.45, 7) is 6.19. The first-order valence-electron chi connectivity index (χ1n) is 11.4. The van der Waals surface area contributed by atoms with Gasteiger partial charge in [0.2, 0.25) is 11.9 Å². The second-order valence-corrected chi connectivity index (χ2v) is 8.27. The van der Waals surface area contributed by atoms with Crippen LogP contribution in [0.15, 0.2) is 18.3 Å². The van der Waals surface area contributed by atoms with E-state index in [4.69, 9.17) is 25.2 Å². The molecular weight excluding hydrogens is 472 g/mol. The van der Waals surface area contributed by atoms with E-state index in [0.717, 1.165) is 17.5 Å². The van der Waals surface area contributed by atoms with E-state index >= 15 is 0 Å². The van der Waals surface area contributed by atoms with Crippen LogP contribution in [0.3, 0.4) is 0 Å². The molecule has 0 radical (unpaired) electrons. The quantitative estimate of drug-likeness (QED) is 0.554. The molecule has 1 amide bonds. The van der Waals surface area contributed by atoms with Gasteiger partial charge in [-0.2, -0.15) is 4.98 Å². The van der Waals surface area contributed by atoms with Crippen LogP contribution in [0.4, 0.5) is 17.7 Å². The summed E-state index contributed by atoms with van der Waals surface area (Å²) in [7, 11) is 3.17. The van der Waals surface area contributed by atoms with Gasteiger partial charge in [0.05, 0.1) is 31.0 Å². The number of hydrogen-bond donors (Lipinski definition) is 1. The number of likely N-dealkylation sites (N-methyl/N-ethyl adjacent to an activating group) is 1. The van der Waals surface area contributed by atoms with Crippen LogP contribution in [-0.2, 0) is 6.42 Å². The molecule has 186 valence electrons. The Morgan fingerprint density at radius 3 is 2.26 bits per heavy atom. The standard InChI is InChI=1S/C23H28N8O3.ClH/c1-4-29-6-5-16-15(21(29)32)13-25-22(26-16)30-7-9-31(10-8-30)23-27-17-12-19(34-3)18(33-2)11-14(17)20(24)28-23;/h11-13H,4-10H2,1-3H3,(H2,24,27,28);1H. The highest BCUT2D eigenvalue weighted by molar-refractivity contribution is 5.96. The van der Waals surface area contributed by atoms with Crippen molar-refractivity contribution >= 4 is 46.9 Å². The molecule has 2 aliphatic rings. The first kappa shape index (κ1) is 24.5. The molecule has 1 aromatic carbocycles. The molecule has 2 aromatic heterocycles. The third kappa shape index (κ3) is 4.43. The summed E-state index contributed by atoms with van der Waals surface area (Å²) in [4.78, 5) is 37.1. The van der Waals surface area contributed by atoms with Gasteiger partial charge in [0.25, 0.3) is 5.91 Å². The maximum Gasteiger partial charge on any atom is 0.257 e. The maximum absolute atomic E-state index is 12.5. The molecule has 35 heavy (non-hydrogen) atoms. The van der Waals surface area contributed by atoms with Crippen LogP contribution in [-0.4, -0.2) is 84.2 Å². The highest BCUT2D eigenvalue weighted by atomic mass is 35.5. The Labute approximate surface area is 209 Å². The van der Waals surface area contributed by atoms with Gasteiger partial charge in [0.1, 0.15) is 5.82 Å². The Hall–Kier alpha value is -3.60. The van der Waals surface area contributed by atoms with E-state index in [1.165, 1.54) is 0 Å². The van der Waals surface area contributed by atoms with Crippen LogP contribution < -0.4 is 25.0 Å². The molecule has 0 aliphatic carbocycles. The number of piperazine rings is 1. The lowest BCUT2D eigenvalue weighted by atomic mass is 10.1. The highest BCUT2D eigenvalue weighted by Gasteiger charge is 2.27. The fourth-order valence-corrected chi connectivity index (χ4v) is 4.46. The molecule has 1 fully saturated rings. The van der Waals surface area contributed by atoms with E-state index in [-0.39, 0.29) is 18.3 Å². The summed E-state index contributed by atoms with van der Waals surface area (Å²) in [5.41, 5.74) is 8.40. The minimum atomic E-state index is 0. The lowest BCUT2D eigenvalue weighted by Gasteiger charge is -2.35. The number of aromatic nitrogens is 4. The molecule has 12 heteroatoms. The number of carbonyl (C=O) groups excluding carboxylic acids is 1. The lowest BCUT2D eigenvalue weighted by molar-refractivity contribution is 0.0746. The smallest absolute Gasteiger partial charge is 0.257 e. The summed E-state index contributed by atoms with van der Waals surface area (Å²) in [6, 6.07) is 3.61. The highest BCUT2D eigenvalue weighted by Crippen LogP contribution is 2.34. The van der Waals surface area contributed by atoms with E-state index in [9.17, 15) is 4.79 Å². The Bertz CT molecular complexity index is 1250. The first-order chi connectivity index (χ1) is 16.5. The molecule has 0 saturated carbocycles. The Morgan fingerprint density at radius 2 is 1.60 bits per heavy atom. The number of nitrogen functional groups attached to an aromatic ring is 1. The van der Waals surface area contributed by atoms with Crippen molar-refractivity contribution in [2.45, 2.75) is 13.3 Å². The minimum absolute atomic E-state index is 0. The molecular formula is C23H29ClN8O3. The Kier molecular flexibility index (Phi) is 6.97. The number of fused-ring (bicyclic) bond motifs is 2. The van der Waals surface area contributed by atoms with Crippen LogP contribution in [0.25, 0.3) is 10.9 Å². The van der Waals surface area contributed by atoms with Crippen molar-refractivity contribution < 1.29 is 14.3 Å². The Balaban J connectivity index is 0.00000289. The molecule has 0 atom stereocenters. The molecule has 2 N–H and O–H groups in total. The predicted octanol–water partition coefficient (Wildman–Crippen LogP) is 1.79. The number of hydrogen-bond acceptors (Lipinski definition) is 10. The number of methoxy groups -OCH3 is 2. The van der Waals surface area contributed by atoms with Crippen LogP contribution in [0, 0.1) is 0 Å². The monoisotopic (exact) mass is 500 g/mol. The van der Waals surface area contributed by atoms with Crippen molar-refractivity contribution in [3.63, 3.8) is 0 Å². The van der Waals surface area contributed by atoms with Gasteiger partial charge in [-0.05, 0) is 13.0 Å². The zero-order chi connectivity index (χ0) is 23.8. The van der Waals surface area contributed by atoms with Crippen molar-refractivity contribution in [3.05, 3.63) is 29.6 Å². The zero-order valence-corrected chi connectivity index (χ0v) is 20.8. The van der Waals surface area contributed by atoms with Gasteiger partial charge in [0.15, 0.2) is 11.5 Å². The summed E-state index contributed by atoms with van der Waals surface area (Å²) < 4.78 is 10.8. The number of benzene rings is 1. The SMILES string of the molecule is CCN1CCc2nc(N3CCN(c4nc(N)c5cc(OC)c(OC)cc5n4)CC3)ncc2C1=O.Cl. The van der Waals surface area contributed by atoms with Crippen molar-refractivity contribution in [1.29, 1.82) is 0 Å². The molecule has 0 unspecified atom stereocenters.